The van der Waals surface area contributed by atoms with Crippen molar-refractivity contribution in [2.75, 3.05) is 13.1 Å². The van der Waals surface area contributed by atoms with Crippen LogP contribution < -0.4 is 10.4 Å². The van der Waals surface area contributed by atoms with Gasteiger partial charge in [-0.05, 0) is 27.4 Å². The number of carbonyl (C=O) groups excluding carboxylic acids is 2. The lowest BCUT2D eigenvalue weighted by Crippen LogP contribution is -2.68. The molecule has 0 radical (unpaired) electrons. The van der Waals surface area contributed by atoms with Crippen LogP contribution in [0.25, 0.3) is 0 Å². The largest absolute Gasteiger partial charge is 0.445 e. The average molecular weight is 502 g/mol. The maximum Gasteiger partial charge on any atom is 0.410 e. The Labute approximate surface area is 215 Å². The summed E-state index contributed by atoms with van der Waals surface area (Å²) >= 11 is 0. The van der Waals surface area contributed by atoms with E-state index in [-0.39, 0.29) is 23.8 Å². The van der Waals surface area contributed by atoms with Gasteiger partial charge >= 0.3 is 6.09 Å². The summed E-state index contributed by atoms with van der Waals surface area (Å²) in [6.07, 6.45) is -0.270. The van der Waals surface area contributed by atoms with Gasteiger partial charge in [0.2, 0.25) is 0 Å². The Morgan fingerprint density at radius 3 is 1.92 bits per heavy atom. The van der Waals surface area contributed by atoms with E-state index in [2.05, 4.69) is 45.0 Å². The highest BCUT2D eigenvalue weighted by Crippen LogP contribution is 2.38. The molecule has 5 nitrogen and oxygen atoms in total. The van der Waals surface area contributed by atoms with Gasteiger partial charge in [0, 0.05) is 19.5 Å². The molecule has 1 aliphatic rings. The van der Waals surface area contributed by atoms with Crippen LogP contribution in [0.4, 0.5) is 4.79 Å². The molecule has 3 aromatic rings. The van der Waals surface area contributed by atoms with E-state index in [0.717, 1.165) is 15.9 Å². The van der Waals surface area contributed by atoms with Crippen molar-refractivity contribution in [3.05, 3.63) is 96.6 Å². The lowest BCUT2D eigenvalue weighted by molar-refractivity contribution is -0.125. The van der Waals surface area contributed by atoms with Gasteiger partial charge in [-0.25, -0.2) is 4.79 Å². The minimum Gasteiger partial charge on any atom is -0.445 e. The second kappa shape index (κ2) is 11.2. The van der Waals surface area contributed by atoms with Crippen LogP contribution in [0.5, 0.6) is 0 Å². The van der Waals surface area contributed by atoms with E-state index < -0.39 is 20.5 Å². The highest BCUT2D eigenvalue weighted by atomic mass is 28.4. The van der Waals surface area contributed by atoms with E-state index in [1.165, 1.54) is 0 Å². The molecule has 6 heteroatoms. The van der Waals surface area contributed by atoms with Crippen LogP contribution in [0.3, 0.4) is 0 Å². The van der Waals surface area contributed by atoms with Gasteiger partial charge in [0.25, 0.3) is 8.32 Å². The van der Waals surface area contributed by atoms with Crippen molar-refractivity contribution in [1.82, 2.24) is 4.90 Å². The molecule has 1 fully saturated rings. The molecule has 0 saturated carbocycles. The minimum atomic E-state index is -2.86. The van der Waals surface area contributed by atoms with Crippen molar-refractivity contribution in [3.8, 4) is 0 Å². The number of nitrogens with zero attached hydrogens (tertiary/aromatic N) is 1. The summed E-state index contributed by atoms with van der Waals surface area (Å²) in [5.41, 5.74) is 0.935. The van der Waals surface area contributed by atoms with Crippen molar-refractivity contribution in [3.63, 3.8) is 0 Å². The molecular weight excluding hydrogens is 466 g/mol. The lowest BCUT2D eigenvalue weighted by Gasteiger charge is -2.44. The van der Waals surface area contributed by atoms with E-state index in [1.54, 1.807) is 4.90 Å². The standard InChI is InChI=1S/C30H35NO4Si/c1-30(2,3)36(25-15-9-5-10-16-25,26-17-11-6-12-18-26)35-28-20-22-31(21-19-27(28)32)29(33)34-23-24-13-7-4-8-14-24/h4-18,28H,19-23H2,1-3H3. The predicted molar refractivity (Wildman–Crippen MR) is 145 cm³/mol. The Balaban J connectivity index is 1.57. The van der Waals surface area contributed by atoms with Crippen LogP contribution in [-0.4, -0.2) is 44.3 Å². The smallest absolute Gasteiger partial charge is 0.410 e. The summed E-state index contributed by atoms with van der Waals surface area (Å²) < 4.78 is 12.6. The number of rotatable bonds is 6. The fourth-order valence-electron chi connectivity index (χ4n) is 4.97. The molecule has 1 aliphatic heterocycles. The number of carbonyl (C=O) groups is 2. The second-order valence-electron chi connectivity index (χ2n) is 10.3. The maximum atomic E-state index is 13.3. The van der Waals surface area contributed by atoms with Crippen molar-refractivity contribution in [2.24, 2.45) is 0 Å². The van der Waals surface area contributed by atoms with E-state index in [1.807, 2.05) is 66.7 Å². The van der Waals surface area contributed by atoms with Crippen LogP contribution in [0.2, 0.25) is 5.04 Å². The molecule has 188 valence electrons. The average Bonchev–Trinajstić information content (AvgIpc) is 3.08. The predicted octanol–water partition coefficient (Wildman–Crippen LogP) is 4.93. The van der Waals surface area contributed by atoms with Crippen molar-refractivity contribution < 1.29 is 18.8 Å². The highest BCUT2D eigenvalue weighted by Gasteiger charge is 2.52. The monoisotopic (exact) mass is 501 g/mol. The third-order valence-electron chi connectivity index (χ3n) is 6.85. The quantitative estimate of drug-likeness (QED) is 0.449. The maximum absolute atomic E-state index is 13.3. The molecule has 0 bridgehead atoms. The van der Waals surface area contributed by atoms with Gasteiger partial charge in [0.15, 0.2) is 5.78 Å². The lowest BCUT2D eigenvalue weighted by atomic mass is 10.1. The van der Waals surface area contributed by atoms with Gasteiger partial charge < -0.3 is 14.1 Å². The molecule has 36 heavy (non-hydrogen) atoms. The van der Waals surface area contributed by atoms with Crippen molar-refractivity contribution >= 4 is 30.6 Å². The molecule has 4 rings (SSSR count). The molecule has 0 N–H and O–H groups in total. The van der Waals surface area contributed by atoms with E-state index in [4.69, 9.17) is 9.16 Å². The molecule has 0 spiro atoms. The number of likely N-dealkylation sites (tertiary alicyclic amines) is 1. The van der Waals surface area contributed by atoms with Crippen molar-refractivity contribution in [2.45, 2.75) is 51.4 Å². The third-order valence-corrected chi connectivity index (χ3v) is 11.9. The van der Waals surface area contributed by atoms with E-state index in [9.17, 15) is 9.59 Å². The Morgan fingerprint density at radius 2 is 1.39 bits per heavy atom. The van der Waals surface area contributed by atoms with Gasteiger partial charge in [-0.1, -0.05) is 112 Å². The first-order valence-electron chi connectivity index (χ1n) is 12.6. The number of Topliss-reactive ketones (excluding diaryl/α,β-unsaturated/α-hetero) is 1. The third kappa shape index (κ3) is 5.60. The topological polar surface area (TPSA) is 55.8 Å². The van der Waals surface area contributed by atoms with Gasteiger partial charge in [-0.2, -0.15) is 0 Å². The van der Waals surface area contributed by atoms with Crippen LogP contribution in [0.1, 0.15) is 39.2 Å². The number of amides is 1. The SMILES string of the molecule is CC(C)(C)[Si](OC1CCN(C(=O)OCc2ccccc2)CCC1=O)(c1ccccc1)c1ccccc1. The molecule has 1 heterocycles. The minimum absolute atomic E-state index is 0.0429. The summed E-state index contributed by atoms with van der Waals surface area (Å²) in [6, 6.07) is 30.3. The van der Waals surface area contributed by atoms with Crippen LogP contribution in [0.15, 0.2) is 91.0 Å². The second-order valence-corrected chi connectivity index (χ2v) is 14.6. The van der Waals surface area contributed by atoms with Gasteiger partial charge in [0.1, 0.15) is 12.7 Å². The van der Waals surface area contributed by atoms with Crippen LogP contribution in [-0.2, 0) is 20.6 Å². The zero-order chi connectivity index (χ0) is 25.6. The van der Waals surface area contributed by atoms with E-state index in [0.29, 0.717) is 19.5 Å². The first-order chi connectivity index (χ1) is 17.3. The number of ketones is 1. The zero-order valence-electron chi connectivity index (χ0n) is 21.4. The molecule has 0 aliphatic carbocycles. The van der Waals surface area contributed by atoms with Gasteiger partial charge in [-0.3, -0.25) is 4.79 Å². The number of benzene rings is 3. The van der Waals surface area contributed by atoms with E-state index >= 15 is 0 Å². The van der Waals surface area contributed by atoms with Gasteiger partial charge in [0.05, 0.1) is 0 Å². The summed E-state index contributed by atoms with van der Waals surface area (Å²) in [5, 5.41) is 2.05. The first kappa shape index (κ1) is 25.9. The zero-order valence-corrected chi connectivity index (χ0v) is 22.4. The molecule has 1 unspecified atom stereocenters. The molecule has 1 amide bonds. The fourth-order valence-corrected chi connectivity index (χ4v) is 9.67. The van der Waals surface area contributed by atoms with Crippen LogP contribution >= 0.6 is 0 Å². The summed E-state index contributed by atoms with van der Waals surface area (Å²) in [7, 11) is -2.86. The molecule has 1 atom stereocenters. The Kier molecular flexibility index (Phi) is 8.06. The Bertz CT molecular complexity index is 1110. The first-order valence-corrected chi connectivity index (χ1v) is 14.5. The van der Waals surface area contributed by atoms with Crippen molar-refractivity contribution in [1.29, 1.82) is 0 Å². The summed E-state index contributed by atoms with van der Waals surface area (Å²) in [6.45, 7) is 7.58. The number of hydrogen-bond donors (Lipinski definition) is 0. The Hall–Kier alpha value is -3.22. The normalized spacial score (nSPS) is 16.9. The molecule has 3 aromatic carbocycles. The highest BCUT2D eigenvalue weighted by molar-refractivity contribution is 6.99. The molecule has 0 aromatic heterocycles. The van der Waals surface area contributed by atoms with Gasteiger partial charge in [-0.15, -0.1) is 0 Å². The molecule has 1 saturated heterocycles. The number of hydrogen-bond acceptors (Lipinski definition) is 4. The number of ether oxygens (including phenoxy) is 1. The fraction of sp³-hybridized carbons (Fsp3) is 0.333. The summed E-state index contributed by atoms with van der Waals surface area (Å²) in [5.74, 6) is 0.0429. The summed E-state index contributed by atoms with van der Waals surface area (Å²) in [4.78, 5) is 27.8. The Morgan fingerprint density at radius 1 is 0.861 bits per heavy atom. The molecular formula is C30H35NO4Si. The van der Waals surface area contributed by atoms with Crippen LogP contribution in [0, 0.1) is 0 Å².